The fourth-order valence-corrected chi connectivity index (χ4v) is 6.60. The molecule has 0 spiro atoms. The van der Waals surface area contributed by atoms with Gasteiger partial charge < -0.3 is 24.4 Å². The molecule has 0 radical (unpaired) electrons. The summed E-state index contributed by atoms with van der Waals surface area (Å²) in [6, 6.07) is 19.6. The van der Waals surface area contributed by atoms with Crippen molar-refractivity contribution >= 4 is 18.0 Å². The zero-order chi connectivity index (χ0) is 33.6. The number of nitrogens with zero attached hydrogens (tertiary/aromatic N) is 3. The number of carboxylic acids is 1. The standard InChI is InChI=1S/C38H47N3O6/c1-5-35(42)40-22-19-28(20-23-40)27-15-13-26(14-16-27)25-46-34-12-7-6-9-29(34)21-24-41(37(45)47-38(2,3)4)33-11-8-10-31-30(33)17-18-32(39-31)36(43)44/h6-7,9,12-18,28,33H,5,8,10-11,19-25H2,1-4H3,(H,43,44). The molecule has 1 unspecified atom stereocenters. The van der Waals surface area contributed by atoms with Crippen molar-refractivity contribution < 1.29 is 29.0 Å². The molecule has 1 fully saturated rings. The quantitative estimate of drug-likeness (QED) is 0.247. The number of fused-ring (bicyclic) bond motifs is 1. The summed E-state index contributed by atoms with van der Waals surface area (Å²) in [4.78, 5) is 45.3. The van der Waals surface area contributed by atoms with E-state index in [1.165, 1.54) is 11.6 Å². The Kier molecular flexibility index (Phi) is 10.8. The molecule has 9 heteroatoms. The van der Waals surface area contributed by atoms with E-state index in [9.17, 15) is 19.5 Å². The van der Waals surface area contributed by atoms with Crippen molar-refractivity contribution in [3.63, 3.8) is 0 Å². The first-order valence-electron chi connectivity index (χ1n) is 16.8. The number of carbonyl (C=O) groups excluding carboxylic acids is 2. The lowest BCUT2D eigenvalue weighted by Gasteiger charge is -2.36. The Morgan fingerprint density at radius 2 is 1.70 bits per heavy atom. The predicted molar refractivity (Wildman–Crippen MR) is 180 cm³/mol. The summed E-state index contributed by atoms with van der Waals surface area (Å²) in [5.41, 5.74) is 4.31. The molecule has 47 heavy (non-hydrogen) atoms. The molecule has 9 nitrogen and oxygen atoms in total. The van der Waals surface area contributed by atoms with E-state index in [4.69, 9.17) is 9.47 Å². The number of para-hydroxylation sites is 1. The van der Waals surface area contributed by atoms with Crippen molar-refractivity contribution in [3.05, 3.63) is 94.3 Å². The van der Waals surface area contributed by atoms with Crippen LogP contribution in [0.2, 0.25) is 0 Å². The zero-order valence-corrected chi connectivity index (χ0v) is 28.0. The maximum atomic E-state index is 13.6. The van der Waals surface area contributed by atoms with Gasteiger partial charge in [-0.15, -0.1) is 0 Å². The summed E-state index contributed by atoms with van der Waals surface area (Å²) in [6.45, 7) is 9.94. The zero-order valence-electron chi connectivity index (χ0n) is 28.0. The number of aromatic nitrogens is 1. The molecule has 0 bridgehead atoms. The number of likely N-dealkylation sites (tertiary alicyclic amines) is 1. The summed E-state index contributed by atoms with van der Waals surface area (Å²) in [7, 11) is 0. The molecule has 1 aliphatic carbocycles. The first-order valence-corrected chi connectivity index (χ1v) is 16.8. The molecular formula is C38H47N3O6. The lowest BCUT2D eigenvalue weighted by Crippen LogP contribution is -2.41. The number of rotatable bonds is 10. The van der Waals surface area contributed by atoms with E-state index >= 15 is 0 Å². The number of carboxylic acid groups (broad SMARTS) is 1. The van der Waals surface area contributed by atoms with Gasteiger partial charge in [-0.25, -0.2) is 14.6 Å². The van der Waals surface area contributed by atoms with Crippen LogP contribution in [0, 0.1) is 0 Å². The van der Waals surface area contributed by atoms with Crippen LogP contribution in [0.3, 0.4) is 0 Å². The lowest BCUT2D eigenvalue weighted by molar-refractivity contribution is -0.131. The molecule has 5 rings (SSSR count). The second-order valence-electron chi connectivity index (χ2n) is 13.5. The molecule has 1 aliphatic heterocycles. The molecule has 2 amide bonds. The fraction of sp³-hybridized carbons (Fsp3) is 0.474. The van der Waals surface area contributed by atoms with Gasteiger partial charge in [0.25, 0.3) is 0 Å². The van der Waals surface area contributed by atoms with Crippen LogP contribution in [0.1, 0.15) is 110 Å². The van der Waals surface area contributed by atoms with E-state index in [0.717, 1.165) is 66.9 Å². The smallest absolute Gasteiger partial charge is 0.410 e. The molecule has 3 aromatic rings. The van der Waals surface area contributed by atoms with Gasteiger partial charge in [-0.3, -0.25) is 4.79 Å². The summed E-state index contributed by atoms with van der Waals surface area (Å²) >= 11 is 0. The van der Waals surface area contributed by atoms with Crippen molar-refractivity contribution in [2.75, 3.05) is 19.6 Å². The van der Waals surface area contributed by atoms with E-state index in [1.54, 1.807) is 11.0 Å². The first-order chi connectivity index (χ1) is 22.5. The number of hydrogen-bond acceptors (Lipinski definition) is 6. The summed E-state index contributed by atoms with van der Waals surface area (Å²) < 4.78 is 12.2. The van der Waals surface area contributed by atoms with Crippen molar-refractivity contribution in [1.29, 1.82) is 0 Å². The van der Waals surface area contributed by atoms with Gasteiger partial charge >= 0.3 is 12.1 Å². The average molecular weight is 642 g/mol. The highest BCUT2D eigenvalue weighted by molar-refractivity contribution is 5.85. The molecule has 1 N–H and O–H groups in total. The van der Waals surface area contributed by atoms with E-state index in [2.05, 4.69) is 29.2 Å². The van der Waals surface area contributed by atoms with Crippen molar-refractivity contribution in [1.82, 2.24) is 14.8 Å². The van der Waals surface area contributed by atoms with Crippen LogP contribution in [0.15, 0.2) is 60.7 Å². The topological polar surface area (TPSA) is 109 Å². The van der Waals surface area contributed by atoms with Gasteiger partial charge in [0.15, 0.2) is 0 Å². The van der Waals surface area contributed by atoms with E-state index in [-0.39, 0.29) is 17.6 Å². The van der Waals surface area contributed by atoms with Crippen LogP contribution in [-0.4, -0.2) is 63.1 Å². The number of aromatic carboxylic acids is 1. The molecule has 2 heterocycles. The summed E-state index contributed by atoms with van der Waals surface area (Å²) in [5.74, 6) is 0.408. The van der Waals surface area contributed by atoms with Gasteiger partial charge in [-0.2, -0.15) is 0 Å². The van der Waals surface area contributed by atoms with Gasteiger partial charge in [0.1, 0.15) is 23.7 Å². The van der Waals surface area contributed by atoms with Crippen LogP contribution in [0.5, 0.6) is 5.75 Å². The van der Waals surface area contributed by atoms with Crippen LogP contribution in [-0.2, 0) is 29.0 Å². The predicted octanol–water partition coefficient (Wildman–Crippen LogP) is 7.33. The van der Waals surface area contributed by atoms with Crippen LogP contribution in [0.4, 0.5) is 4.79 Å². The molecule has 1 atom stereocenters. The normalized spacial score (nSPS) is 16.7. The minimum atomic E-state index is -1.06. The maximum Gasteiger partial charge on any atom is 0.410 e. The number of hydrogen-bond donors (Lipinski definition) is 1. The highest BCUT2D eigenvalue weighted by Crippen LogP contribution is 2.35. The number of piperidine rings is 1. The molecule has 0 saturated carbocycles. The Morgan fingerprint density at radius 3 is 2.38 bits per heavy atom. The Hall–Kier alpha value is -4.40. The van der Waals surface area contributed by atoms with Crippen molar-refractivity contribution in [2.24, 2.45) is 0 Å². The fourth-order valence-electron chi connectivity index (χ4n) is 6.60. The average Bonchev–Trinajstić information content (AvgIpc) is 3.06. The third-order valence-electron chi connectivity index (χ3n) is 9.07. The third-order valence-corrected chi connectivity index (χ3v) is 9.07. The number of amides is 2. The minimum Gasteiger partial charge on any atom is -0.489 e. The first kappa shape index (κ1) is 33.9. The maximum absolute atomic E-state index is 13.6. The van der Waals surface area contributed by atoms with Gasteiger partial charge in [0, 0.05) is 31.7 Å². The molecule has 2 aliphatic rings. The second-order valence-corrected chi connectivity index (χ2v) is 13.5. The van der Waals surface area contributed by atoms with Crippen LogP contribution < -0.4 is 4.74 Å². The second kappa shape index (κ2) is 15.0. The monoisotopic (exact) mass is 641 g/mol. The SMILES string of the molecule is CCC(=O)N1CCC(c2ccc(COc3ccccc3CCN(C(=O)OC(C)(C)C)C3CCCc4nc(C(=O)O)ccc43)cc2)CC1. The Labute approximate surface area is 277 Å². The summed E-state index contributed by atoms with van der Waals surface area (Å²) in [5, 5.41) is 9.46. The largest absolute Gasteiger partial charge is 0.489 e. The molecule has 2 aromatic carbocycles. The number of ether oxygens (including phenoxy) is 2. The number of aryl methyl sites for hydroxylation is 1. The Morgan fingerprint density at radius 1 is 0.979 bits per heavy atom. The van der Waals surface area contributed by atoms with E-state index < -0.39 is 17.7 Å². The van der Waals surface area contributed by atoms with Gasteiger partial charge in [-0.05, 0) is 99.6 Å². The lowest BCUT2D eigenvalue weighted by atomic mass is 9.89. The highest BCUT2D eigenvalue weighted by atomic mass is 16.6. The third kappa shape index (κ3) is 8.70. The van der Waals surface area contributed by atoms with Gasteiger partial charge in [-0.1, -0.05) is 55.5 Å². The number of pyridine rings is 1. The van der Waals surface area contributed by atoms with Gasteiger partial charge in [0.05, 0.1) is 6.04 Å². The van der Waals surface area contributed by atoms with Gasteiger partial charge in [0.2, 0.25) is 5.91 Å². The van der Waals surface area contributed by atoms with Crippen molar-refractivity contribution in [2.45, 2.75) is 96.8 Å². The number of carbonyl (C=O) groups is 3. The molecule has 250 valence electrons. The molecule has 1 saturated heterocycles. The molecular weight excluding hydrogens is 594 g/mol. The summed E-state index contributed by atoms with van der Waals surface area (Å²) in [6.07, 6.45) is 4.90. The van der Waals surface area contributed by atoms with E-state index in [0.29, 0.717) is 38.3 Å². The van der Waals surface area contributed by atoms with E-state index in [1.807, 2.05) is 56.9 Å². The van der Waals surface area contributed by atoms with Crippen molar-refractivity contribution in [3.8, 4) is 5.75 Å². The van der Waals surface area contributed by atoms with Crippen LogP contribution >= 0.6 is 0 Å². The minimum absolute atomic E-state index is 0.0133. The number of benzene rings is 2. The Bertz CT molecular complexity index is 1560. The Balaban J connectivity index is 1.25. The van der Waals surface area contributed by atoms with Crippen LogP contribution in [0.25, 0.3) is 0 Å². The molecule has 1 aromatic heterocycles. The highest BCUT2D eigenvalue weighted by Gasteiger charge is 2.33.